The summed E-state index contributed by atoms with van der Waals surface area (Å²) >= 11 is 0. The molecular formula is C17H24N4O2S. The van der Waals surface area contributed by atoms with Crippen LogP contribution in [0.5, 0.6) is 0 Å². The zero-order valence-corrected chi connectivity index (χ0v) is 14.9. The predicted octanol–water partition coefficient (Wildman–Crippen LogP) is 2.92. The SMILES string of the molecule is CC(C)CCNc1ccc(NS(=O)(=O)CCc2ccccc2)nn1. The number of aryl methyl sites for hydroxylation is 1. The molecule has 0 saturated heterocycles. The van der Waals surface area contributed by atoms with E-state index in [9.17, 15) is 8.42 Å². The first kappa shape index (κ1) is 18.2. The van der Waals surface area contributed by atoms with E-state index in [1.54, 1.807) is 12.1 Å². The van der Waals surface area contributed by atoms with Crippen molar-refractivity contribution in [3.8, 4) is 0 Å². The van der Waals surface area contributed by atoms with Gasteiger partial charge in [-0.3, -0.25) is 4.72 Å². The molecule has 130 valence electrons. The van der Waals surface area contributed by atoms with Crippen molar-refractivity contribution in [1.29, 1.82) is 0 Å². The Morgan fingerprint density at radius 2 is 1.67 bits per heavy atom. The van der Waals surface area contributed by atoms with Crippen molar-refractivity contribution in [1.82, 2.24) is 10.2 Å². The van der Waals surface area contributed by atoms with E-state index in [2.05, 4.69) is 34.1 Å². The van der Waals surface area contributed by atoms with Crippen LogP contribution in [0.15, 0.2) is 42.5 Å². The molecule has 2 N–H and O–H groups in total. The lowest BCUT2D eigenvalue weighted by Crippen LogP contribution is -2.19. The maximum absolute atomic E-state index is 12.1. The molecule has 1 aromatic heterocycles. The van der Waals surface area contributed by atoms with Gasteiger partial charge in [0, 0.05) is 6.54 Å². The fraction of sp³-hybridized carbons (Fsp3) is 0.412. The summed E-state index contributed by atoms with van der Waals surface area (Å²) in [5, 5.41) is 11.1. The molecular weight excluding hydrogens is 324 g/mol. The molecule has 0 aliphatic rings. The van der Waals surface area contributed by atoms with Crippen molar-refractivity contribution in [2.45, 2.75) is 26.7 Å². The number of benzene rings is 1. The summed E-state index contributed by atoms with van der Waals surface area (Å²) in [5.41, 5.74) is 0.985. The van der Waals surface area contributed by atoms with Gasteiger partial charge in [0.1, 0.15) is 5.82 Å². The Morgan fingerprint density at radius 3 is 2.29 bits per heavy atom. The van der Waals surface area contributed by atoms with Gasteiger partial charge in [-0.05, 0) is 36.5 Å². The van der Waals surface area contributed by atoms with Crippen LogP contribution in [-0.4, -0.2) is 30.9 Å². The van der Waals surface area contributed by atoms with E-state index in [1.165, 1.54) is 0 Å². The van der Waals surface area contributed by atoms with Gasteiger partial charge in [-0.2, -0.15) is 0 Å². The minimum absolute atomic E-state index is 0.00703. The maximum Gasteiger partial charge on any atom is 0.234 e. The molecule has 0 bridgehead atoms. The van der Waals surface area contributed by atoms with Gasteiger partial charge in [-0.15, -0.1) is 10.2 Å². The molecule has 0 aliphatic heterocycles. The minimum Gasteiger partial charge on any atom is -0.369 e. The molecule has 0 amide bonds. The third-order valence-corrected chi connectivity index (χ3v) is 4.72. The van der Waals surface area contributed by atoms with Crippen LogP contribution in [0.4, 0.5) is 11.6 Å². The summed E-state index contributed by atoms with van der Waals surface area (Å²) in [4.78, 5) is 0. The second kappa shape index (κ2) is 8.63. The van der Waals surface area contributed by atoms with Crippen molar-refractivity contribution in [2.75, 3.05) is 22.3 Å². The summed E-state index contributed by atoms with van der Waals surface area (Å²) in [7, 11) is -3.45. The van der Waals surface area contributed by atoms with Gasteiger partial charge < -0.3 is 5.32 Å². The Balaban J connectivity index is 1.85. The van der Waals surface area contributed by atoms with Crippen LogP contribution in [0.1, 0.15) is 25.8 Å². The van der Waals surface area contributed by atoms with Crippen molar-refractivity contribution in [2.24, 2.45) is 5.92 Å². The highest BCUT2D eigenvalue weighted by Crippen LogP contribution is 2.10. The second-order valence-corrected chi connectivity index (χ2v) is 7.91. The van der Waals surface area contributed by atoms with E-state index in [0.717, 1.165) is 18.5 Å². The number of hydrogen-bond donors (Lipinski definition) is 2. The van der Waals surface area contributed by atoms with Crippen LogP contribution < -0.4 is 10.0 Å². The van der Waals surface area contributed by atoms with Crippen LogP contribution in [-0.2, 0) is 16.4 Å². The first-order chi connectivity index (χ1) is 11.4. The number of aromatic nitrogens is 2. The largest absolute Gasteiger partial charge is 0.369 e. The Morgan fingerprint density at radius 1 is 1.00 bits per heavy atom. The number of nitrogens with one attached hydrogen (secondary N) is 2. The highest BCUT2D eigenvalue weighted by Gasteiger charge is 2.12. The number of anilines is 2. The lowest BCUT2D eigenvalue weighted by molar-refractivity contribution is 0.600. The van der Waals surface area contributed by atoms with E-state index in [0.29, 0.717) is 18.2 Å². The van der Waals surface area contributed by atoms with Gasteiger partial charge in [0.05, 0.1) is 5.75 Å². The van der Waals surface area contributed by atoms with Crippen LogP contribution in [0.25, 0.3) is 0 Å². The molecule has 0 unspecified atom stereocenters. The molecule has 1 aromatic carbocycles. The van der Waals surface area contributed by atoms with Crippen LogP contribution in [0, 0.1) is 5.92 Å². The molecule has 7 heteroatoms. The fourth-order valence-corrected chi connectivity index (χ4v) is 3.11. The lowest BCUT2D eigenvalue weighted by atomic mass is 10.1. The van der Waals surface area contributed by atoms with E-state index >= 15 is 0 Å². The summed E-state index contributed by atoms with van der Waals surface area (Å²) in [5.74, 6) is 1.49. The van der Waals surface area contributed by atoms with E-state index < -0.39 is 10.0 Å². The van der Waals surface area contributed by atoms with Crippen molar-refractivity contribution in [3.63, 3.8) is 0 Å². The first-order valence-corrected chi connectivity index (χ1v) is 9.72. The first-order valence-electron chi connectivity index (χ1n) is 8.06. The molecule has 0 spiro atoms. The second-order valence-electron chi connectivity index (χ2n) is 6.07. The molecule has 0 fully saturated rings. The fourth-order valence-electron chi connectivity index (χ4n) is 2.08. The zero-order valence-electron chi connectivity index (χ0n) is 14.1. The van der Waals surface area contributed by atoms with E-state index in [-0.39, 0.29) is 11.6 Å². The monoisotopic (exact) mass is 348 g/mol. The predicted molar refractivity (Wildman–Crippen MR) is 97.5 cm³/mol. The van der Waals surface area contributed by atoms with Crippen LogP contribution >= 0.6 is 0 Å². The van der Waals surface area contributed by atoms with Crippen LogP contribution in [0.2, 0.25) is 0 Å². The van der Waals surface area contributed by atoms with E-state index in [1.807, 2.05) is 30.3 Å². The Kier molecular flexibility index (Phi) is 6.54. The van der Waals surface area contributed by atoms with Gasteiger partial charge in [-0.25, -0.2) is 8.42 Å². The summed E-state index contributed by atoms with van der Waals surface area (Å²) in [6, 6.07) is 12.9. The normalized spacial score (nSPS) is 11.5. The van der Waals surface area contributed by atoms with Gasteiger partial charge in [0.2, 0.25) is 10.0 Å². The Bertz CT molecular complexity index is 716. The van der Waals surface area contributed by atoms with Crippen molar-refractivity contribution >= 4 is 21.7 Å². The Labute approximate surface area is 143 Å². The number of sulfonamides is 1. The third kappa shape index (κ3) is 6.54. The quantitative estimate of drug-likeness (QED) is 0.728. The van der Waals surface area contributed by atoms with Gasteiger partial charge in [0.15, 0.2) is 5.82 Å². The molecule has 0 saturated carbocycles. The zero-order chi connectivity index (χ0) is 17.4. The van der Waals surface area contributed by atoms with E-state index in [4.69, 9.17) is 0 Å². The molecule has 0 aliphatic carbocycles. The van der Waals surface area contributed by atoms with Crippen molar-refractivity contribution < 1.29 is 8.42 Å². The summed E-state index contributed by atoms with van der Waals surface area (Å²) in [6.45, 7) is 5.12. The highest BCUT2D eigenvalue weighted by molar-refractivity contribution is 7.92. The maximum atomic E-state index is 12.1. The Hall–Kier alpha value is -2.15. The standard InChI is InChI=1S/C17H24N4O2S/c1-14(2)10-12-18-16-8-9-17(20-19-16)21-24(22,23)13-11-15-6-4-3-5-7-15/h3-9,14H,10-13H2,1-2H3,(H,18,19)(H,20,21). The molecule has 0 radical (unpaired) electrons. The van der Waals surface area contributed by atoms with Gasteiger partial charge in [-0.1, -0.05) is 44.2 Å². The molecule has 2 rings (SSSR count). The van der Waals surface area contributed by atoms with Crippen LogP contribution in [0.3, 0.4) is 0 Å². The summed E-state index contributed by atoms with van der Waals surface area (Å²) in [6.07, 6.45) is 1.49. The third-order valence-electron chi connectivity index (χ3n) is 3.45. The molecule has 0 atom stereocenters. The number of nitrogens with zero attached hydrogens (tertiary/aromatic N) is 2. The minimum atomic E-state index is -3.45. The van der Waals surface area contributed by atoms with Gasteiger partial charge >= 0.3 is 0 Å². The number of hydrogen-bond acceptors (Lipinski definition) is 5. The molecule has 2 aromatic rings. The highest BCUT2D eigenvalue weighted by atomic mass is 32.2. The van der Waals surface area contributed by atoms with Gasteiger partial charge in [0.25, 0.3) is 0 Å². The summed E-state index contributed by atoms with van der Waals surface area (Å²) < 4.78 is 26.7. The molecule has 24 heavy (non-hydrogen) atoms. The topological polar surface area (TPSA) is 84.0 Å². The average Bonchev–Trinajstić information content (AvgIpc) is 2.55. The number of rotatable bonds is 9. The van der Waals surface area contributed by atoms with Crippen molar-refractivity contribution in [3.05, 3.63) is 48.0 Å². The lowest BCUT2D eigenvalue weighted by Gasteiger charge is -2.09. The molecule has 6 nitrogen and oxygen atoms in total. The smallest absolute Gasteiger partial charge is 0.234 e. The average molecular weight is 348 g/mol. The molecule has 1 heterocycles.